The van der Waals surface area contributed by atoms with Crippen LogP contribution in [0.1, 0.15) is 0 Å². The smallest absolute Gasteiger partial charge is 0.189 e. The minimum atomic E-state index is 0.377. The summed E-state index contributed by atoms with van der Waals surface area (Å²) in [5.41, 5.74) is 0. The third kappa shape index (κ3) is 2.16. The van der Waals surface area contributed by atoms with E-state index < -0.39 is 0 Å². The molecule has 5 nitrogen and oxygen atoms in total. The maximum atomic E-state index is 5.57. The van der Waals surface area contributed by atoms with Crippen LogP contribution in [-0.2, 0) is 0 Å². The second kappa shape index (κ2) is 3.71. The molecule has 0 fully saturated rings. The summed E-state index contributed by atoms with van der Waals surface area (Å²) in [5, 5.41) is 15.7. The van der Waals surface area contributed by atoms with Crippen LogP contribution in [0.5, 0.6) is 0 Å². The van der Waals surface area contributed by atoms with Crippen LogP contribution < -0.4 is 0 Å². The molecule has 2 aromatic heterocycles. The Kier molecular flexibility index (Phi) is 2.42. The fourth-order valence-electron chi connectivity index (χ4n) is 0.701. The van der Waals surface area contributed by atoms with Crippen LogP contribution >= 0.6 is 23.4 Å². The Morgan fingerprint density at radius 1 is 1.31 bits per heavy atom. The van der Waals surface area contributed by atoms with E-state index in [2.05, 4.69) is 25.4 Å². The normalized spacial score (nSPS) is 10.2. The number of rotatable bonds is 2. The molecule has 0 spiro atoms. The zero-order valence-electron chi connectivity index (χ0n) is 6.31. The van der Waals surface area contributed by atoms with E-state index in [0.29, 0.717) is 10.3 Å². The minimum absolute atomic E-state index is 0.377. The lowest BCUT2D eigenvalue weighted by Gasteiger charge is -1.93. The van der Waals surface area contributed by atoms with Crippen LogP contribution in [0.3, 0.4) is 0 Å². The first kappa shape index (κ1) is 8.46. The van der Waals surface area contributed by atoms with Gasteiger partial charge in [0.05, 0.1) is 0 Å². The van der Waals surface area contributed by atoms with Crippen LogP contribution in [0.2, 0.25) is 5.15 Å². The maximum absolute atomic E-state index is 5.57. The number of halogens is 1. The predicted molar refractivity (Wildman–Crippen MR) is 47.5 cm³/mol. The van der Waals surface area contributed by atoms with E-state index >= 15 is 0 Å². The number of hydrogen-bond donors (Lipinski definition) is 1. The highest BCUT2D eigenvalue weighted by atomic mass is 35.5. The van der Waals surface area contributed by atoms with E-state index in [9.17, 15) is 0 Å². The summed E-state index contributed by atoms with van der Waals surface area (Å²) in [7, 11) is 0. The molecule has 0 atom stereocenters. The second-order valence-corrected chi connectivity index (χ2v) is 3.48. The Bertz CT molecular complexity index is 372. The largest absolute Gasteiger partial charge is 0.254 e. The van der Waals surface area contributed by atoms with Crippen molar-refractivity contribution in [2.45, 2.75) is 10.2 Å². The van der Waals surface area contributed by atoms with Crippen LogP contribution in [0.25, 0.3) is 0 Å². The standard InChI is InChI=1S/C6H4ClN5S/c7-4-1-2-5(11-10-4)13-6-8-3-9-12-6/h1-3H,(H,8,9,12). The van der Waals surface area contributed by atoms with E-state index in [0.717, 1.165) is 5.03 Å². The summed E-state index contributed by atoms with van der Waals surface area (Å²) < 4.78 is 0. The highest BCUT2D eigenvalue weighted by Gasteiger charge is 2.01. The molecule has 0 saturated heterocycles. The molecule has 0 bridgehead atoms. The molecule has 0 aromatic carbocycles. The lowest BCUT2D eigenvalue weighted by molar-refractivity contribution is 0.915. The first-order valence-corrected chi connectivity index (χ1v) is 4.56. The molecule has 0 amide bonds. The van der Waals surface area contributed by atoms with Gasteiger partial charge in [0.2, 0.25) is 0 Å². The van der Waals surface area contributed by atoms with Gasteiger partial charge in [-0.3, -0.25) is 5.10 Å². The second-order valence-electron chi connectivity index (χ2n) is 2.09. The van der Waals surface area contributed by atoms with Gasteiger partial charge >= 0.3 is 0 Å². The van der Waals surface area contributed by atoms with Crippen molar-refractivity contribution in [2.24, 2.45) is 0 Å². The summed E-state index contributed by atoms with van der Waals surface area (Å²) in [6.45, 7) is 0. The molecule has 0 aliphatic carbocycles. The monoisotopic (exact) mass is 213 g/mol. The number of nitrogens with one attached hydrogen (secondary N) is 1. The van der Waals surface area contributed by atoms with Gasteiger partial charge in [-0.1, -0.05) is 11.6 Å². The van der Waals surface area contributed by atoms with Crippen molar-refractivity contribution in [3.8, 4) is 0 Å². The molecule has 1 N–H and O–H groups in total. The van der Waals surface area contributed by atoms with Gasteiger partial charge in [0, 0.05) is 0 Å². The van der Waals surface area contributed by atoms with Crippen molar-refractivity contribution >= 4 is 23.4 Å². The molecule has 0 aliphatic heterocycles. The Balaban J connectivity index is 2.15. The molecule has 0 unspecified atom stereocenters. The SMILES string of the molecule is Clc1ccc(Sc2ncn[nH]2)nn1. The van der Waals surface area contributed by atoms with Crippen molar-refractivity contribution in [2.75, 3.05) is 0 Å². The van der Waals surface area contributed by atoms with Gasteiger partial charge in [0.15, 0.2) is 10.3 Å². The molecule has 0 aliphatic rings. The molecule has 2 aromatic rings. The van der Waals surface area contributed by atoms with E-state index in [1.54, 1.807) is 12.1 Å². The number of aromatic nitrogens is 5. The molecule has 2 rings (SSSR count). The van der Waals surface area contributed by atoms with Gasteiger partial charge in [-0.25, -0.2) is 4.98 Å². The van der Waals surface area contributed by atoms with Crippen molar-refractivity contribution in [1.29, 1.82) is 0 Å². The highest BCUT2D eigenvalue weighted by Crippen LogP contribution is 2.21. The van der Waals surface area contributed by atoms with Crippen molar-refractivity contribution < 1.29 is 0 Å². The zero-order valence-corrected chi connectivity index (χ0v) is 7.88. The zero-order chi connectivity index (χ0) is 9.10. The van der Waals surface area contributed by atoms with E-state index in [4.69, 9.17) is 11.6 Å². The number of H-pyrrole nitrogens is 1. The van der Waals surface area contributed by atoms with Gasteiger partial charge < -0.3 is 0 Å². The van der Waals surface area contributed by atoms with E-state index in [1.165, 1.54) is 18.1 Å². The first-order chi connectivity index (χ1) is 6.34. The number of hydrogen-bond acceptors (Lipinski definition) is 5. The molecule has 0 radical (unpaired) electrons. The van der Waals surface area contributed by atoms with E-state index in [-0.39, 0.29) is 0 Å². The quantitative estimate of drug-likeness (QED) is 0.817. The first-order valence-electron chi connectivity index (χ1n) is 3.37. The van der Waals surface area contributed by atoms with Crippen LogP contribution in [0.15, 0.2) is 28.6 Å². The highest BCUT2D eigenvalue weighted by molar-refractivity contribution is 7.99. The summed E-state index contributed by atoms with van der Waals surface area (Å²) >= 11 is 6.92. The maximum Gasteiger partial charge on any atom is 0.189 e. The molecule has 66 valence electrons. The van der Waals surface area contributed by atoms with Crippen molar-refractivity contribution in [3.05, 3.63) is 23.6 Å². The fourth-order valence-corrected chi connectivity index (χ4v) is 1.42. The lowest BCUT2D eigenvalue weighted by atomic mass is 10.6. The summed E-state index contributed by atoms with van der Waals surface area (Å²) in [5.74, 6) is 0. The van der Waals surface area contributed by atoms with Crippen LogP contribution in [0.4, 0.5) is 0 Å². The molecule has 0 saturated carbocycles. The number of nitrogens with zero attached hydrogens (tertiary/aromatic N) is 4. The average molecular weight is 214 g/mol. The van der Waals surface area contributed by atoms with Crippen molar-refractivity contribution in [3.63, 3.8) is 0 Å². The molecular weight excluding hydrogens is 210 g/mol. The van der Waals surface area contributed by atoms with Crippen LogP contribution in [0, 0.1) is 0 Å². The topological polar surface area (TPSA) is 67.3 Å². The minimum Gasteiger partial charge on any atom is -0.254 e. The molecular formula is C6H4ClN5S. The Morgan fingerprint density at radius 3 is 2.85 bits per heavy atom. The third-order valence-electron chi connectivity index (χ3n) is 1.20. The Morgan fingerprint density at radius 2 is 2.23 bits per heavy atom. The lowest BCUT2D eigenvalue weighted by Crippen LogP contribution is -1.85. The van der Waals surface area contributed by atoms with Crippen molar-refractivity contribution in [1.82, 2.24) is 25.4 Å². The van der Waals surface area contributed by atoms with Gasteiger partial charge in [0.1, 0.15) is 11.4 Å². The van der Waals surface area contributed by atoms with Gasteiger partial charge in [-0.15, -0.1) is 10.2 Å². The van der Waals surface area contributed by atoms with Crippen LogP contribution in [-0.4, -0.2) is 25.4 Å². The summed E-state index contributed by atoms with van der Waals surface area (Å²) in [6.07, 6.45) is 1.44. The Hall–Kier alpha value is -1.14. The molecule has 13 heavy (non-hydrogen) atoms. The fraction of sp³-hybridized carbons (Fsp3) is 0. The van der Waals surface area contributed by atoms with Gasteiger partial charge in [-0.2, -0.15) is 5.10 Å². The average Bonchev–Trinajstić information content (AvgIpc) is 2.62. The van der Waals surface area contributed by atoms with Gasteiger partial charge in [-0.05, 0) is 23.9 Å². The Labute approximate surface area is 82.9 Å². The molecule has 2 heterocycles. The summed E-state index contributed by atoms with van der Waals surface area (Å²) in [6, 6.07) is 3.44. The summed E-state index contributed by atoms with van der Waals surface area (Å²) in [4.78, 5) is 3.93. The third-order valence-corrected chi connectivity index (χ3v) is 2.22. The van der Waals surface area contributed by atoms with E-state index in [1.807, 2.05) is 0 Å². The van der Waals surface area contributed by atoms with Gasteiger partial charge in [0.25, 0.3) is 0 Å². The molecule has 7 heteroatoms. The number of aromatic amines is 1. The predicted octanol–water partition coefficient (Wildman–Crippen LogP) is 1.40.